The maximum atomic E-state index is 12.2. The van der Waals surface area contributed by atoms with Crippen molar-refractivity contribution in [3.8, 4) is 22.8 Å². The topological polar surface area (TPSA) is 80.9 Å². The minimum absolute atomic E-state index is 0.223. The molecule has 0 radical (unpaired) electrons. The van der Waals surface area contributed by atoms with Gasteiger partial charge in [-0.2, -0.15) is 4.98 Å². The number of aromatic nitrogens is 3. The second-order valence-corrected chi connectivity index (χ2v) is 6.14. The molecule has 2 aromatic heterocycles. The quantitative estimate of drug-likeness (QED) is 0.558. The maximum absolute atomic E-state index is 12.2. The van der Waals surface area contributed by atoms with Gasteiger partial charge in [0.25, 0.3) is 11.8 Å². The van der Waals surface area contributed by atoms with Crippen molar-refractivity contribution in [1.82, 2.24) is 15.1 Å². The fourth-order valence-electron chi connectivity index (χ4n) is 2.45. The number of benzene rings is 2. The minimum atomic E-state index is -0.223. The Hall–Kier alpha value is -3.51. The Bertz CT molecular complexity index is 1060. The Morgan fingerprint density at radius 1 is 0.963 bits per heavy atom. The average Bonchev–Trinajstić information content (AvgIpc) is 3.20. The molecule has 0 aliphatic carbocycles. The summed E-state index contributed by atoms with van der Waals surface area (Å²) in [5.41, 5.74) is 2.72. The molecule has 0 bridgehead atoms. The van der Waals surface area contributed by atoms with E-state index in [0.717, 1.165) is 11.1 Å². The summed E-state index contributed by atoms with van der Waals surface area (Å²) >= 11 is 5.89. The van der Waals surface area contributed by atoms with Gasteiger partial charge in [0.05, 0.1) is 5.56 Å². The highest BCUT2D eigenvalue weighted by Gasteiger charge is 2.11. The highest BCUT2D eigenvalue weighted by molar-refractivity contribution is 6.30. The standard InChI is InChI=1S/C20H13ClN4O2/c21-16-7-3-13(4-8-16)18-24-20(27-25-18)14-5-9-17(10-6-14)23-19(26)15-2-1-11-22-12-15/h1-12H,(H,23,26). The van der Waals surface area contributed by atoms with Gasteiger partial charge < -0.3 is 9.84 Å². The van der Waals surface area contributed by atoms with Crippen molar-refractivity contribution < 1.29 is 9.32 Å². The summed E-state index contributed by atoms with van der Waals surface area (Å²) in [7, 11) is 0. The molecule has 7 heteroatoms. The van der Waals surface area contributed by atoms with E-state index < -0.39 is 0 Å². The predicted molar refractivity (Wildman–Crippen MR) is 102 cm³/mol. The van der Waals surface area contributed by atoms with Gasteiger partial charge >= 0.3 is 0 Å². The third-order valence-corrected chi connectivity index (χ3v) is 4.09. The lowest BCUT2D eigenvalue weighted by Crippen LogP contribution is -2.11. The van der Waals surface area contributed by atoms with Crippen molar-refractivity contribution in [3.05, 3.63) is 83.6 Å². The zero-order valence-electron chi connectivity index (χ0n) is 14.0. The number of carbonyl (C=O) groups is 1. The number of nitrogens with one attached hydrogen (secondary N) is 1. The van der Waals surface area contributed by atoms with E-state index in [2.05, 4.69) is 20.4 Å². The fourth-order valence-corrected chi connectivity index (χ4v) is 2.58. The van der Waals surface area contributed by atoms with Crippen molar-refractivity contribution in [3.63, 3.8) is 0 Å². The fraction of sp³-hybridized carbons (Fsp3) is 0. The van der Waals surface area contributed by atoms with Crippen LogP contribution in [-0.2, 0) is 0 Å². The Balaban J connectivity index is 1.49. The highest BCUT2D eigenvalue weighted by atomic mass is 35.5. The van der Waals surface area contributed by atoms with E-state index in [1.54, 1.807) is 54.7 Å². The molecular formula is C20H13ClN4O2. The van der Waals surface area contributed by atoms with Gasteiger partial charge in [0, 0.05) is 34.2 Å². The van der Waals surface area contributed by atoms with Gasteiger partial charge in [0.15, 0.2) is 0 Å². The molecule has 132 valence electrons. The predicted octanol–water partition coefficient (Wildman–Crippen LogP) is 4.70. The van der Waals surface area contributed by atoms with E-state index in [1.165, 1.54) is 6.20 Å². The first-order valence-corrected chi connectivity index (χ1v) is 8.48. The van der Waals surface area contributed by atoms with Crippen LogP contribution in [0.2, 0.25) is 5.02 Å². The molecule has 0 saturated heterocycles. The summed E-state index contributed by atoms with van der Waals surface area (Å²) in [6.07, 6.45) is 3.13. The summed E-state index contributed by atoms with van der Waals surface area (Å²) < 4.78 is 5.34. The molecule has 0 saturated carbocycles. The molecule has 0 fully saturated rings. The Labute approximate surface area is 159 Å². The molecule has 2 heterocycles. The summed E-state index contributed by atoms with van der Waals surface area (Å²) in [6.45, 7) is 0. The number of hydrogen-bond acceptors (Lipinski definition) is 5. The van der Waals surface area contributed by atoms with Crippen LogP contribution in [0.25, 0.3) is 22.8 Å². The SMILES string of the molecule is O=C(Nc1ccc(-c2nc(-c3ccc(Cl)cc3)no2)cc1)c1cccnc1. The van der Waals surface area contributed by atoms with E-state index in [9.17, 15) is 4.79 Å². The van der Waals surface area contributed by atoms with Crippen molar-refractivity contribution in [2.45, 2.75) is 0 Å². The van der Waals surface area contributed by atoms with E-state index >= 15 is 0 Å². The second-order valence-electron chi connectivity index (χ2n) is 5.70. The molecule has 1 N–H and O–H groups in total. The van der Waals surface area contributed by atoms with Crippen LogP contribution in [-0.4, -0.2) is 21.0 Å². The number of amides is 1. The molecular weight excluding hydrogens is 364 g/mol. The van der Waals surface area contributed by atoms with E-state index in [0.29, 0.717) is 28.0 Å². The molecule has 0 unspecified atom stereocenters. The van der Waals surface area contributed by atoms with Gasteiger partial charge in [-0.05, 0) is 60.7 Å². The molecule has 2 aromatic carbocycles. The molecule has 6 nitrogen and oxygen atoms in total. The smallest absolute Gasteiger partial charge is 0.258 e. The number of anilines is 1. The van der Waals surface area contributed by atoms with Crippen LogP contribution in [0.5, 0.6) is 0 Å². The van der Waals surface area contributed by atoms with Gasteiger partial charge in [-0.25, -0.2) is 0 Å². The van der Waals surface area contributed by atoms with E-state index in [4.69, 9.17) is 16.1 Å². The highest BCUT2D eigenvalue weighted by Crippen LogP contribution is 2.24. The molecule has 1 amide bonds. The summed E-state index contributed by atoms with van der Waals surface area (Å²) in [5, 5.41) is 7.46. The van der Waals surface area contributed by atoms with Crippen molar-refractivity contribution in [2.75, 3.05) is 5.32 Å². The maximum Gasteiger partial charge on any atom is 0.258 e. The van der Waals surface area contributed by atoms with Crippen LogP contribution in [0.1, 0.15) is 10.4 Å². The first-order chi connectivity index (χ1) is 13.2. The number of carbonyl (C=O) groups excluding carboxylic acids is 1. The molecule has 4 aromatic rings. The van der Waals surface area contributed by atoms with Crippen molar-refractivity contribution >= 4 is 23.2 Å². The van der Waals surface area contributed by atoms with Crippen molar-refractivity contribution in [2.24, 2.45) is 0 Å². The third-order valence-electron chi connectivity index (χ3n) is 3.84. The number of nitrogens with zero attached hydrogens (tertiary/aromatic N) is 3. The Morgan fingerprint density at radius 3 is 2.41 bits per heavy atom. The molecule has 0 aliphatic rings. The van der Waals surface area contributed by atoms with Crippen LogP contribution in [0.3, 0.4) is 0 Å². The summed E-state index contributed by atoms with van der Waals surface area (Å²) in [6, 6.07) is 17.8. The third kappa shape index (κ3) is 3.86. The van der Waals surface area contributed by atoms with Crippen LogP contribution < -0.4 is 5.32 Å². The first kappa shape index (κ1) is 16.9. The first-order valence-electron chi connectivity index (χ1n) is 8.10. The number of rotatable bonds is 4. The lowest BCUT2D eigenvalue weighted by Gasteiger charge is -2.05. The molecule has 27 heavy (non-hydrogen) atoms. The Morgan fingerprint density at radius 2 is 1.70 bits per heavy atom. The van der Waals surface area contributed by atoms with Gasteiger partial charge in [-0.1, -0.05) is 16.8 Å². The van der Waals surface area contributed by atoms with Crippen molar-refractivity contribution in [1.29, 1.82) is 0 Å². The normalized spacial score (nSPS) is 10.6. The van der Waals surface area contributed by atoms with Gasteiger partial charge in [-0.15, -0.1) is 0 Å². The number of hydrogen-bond donors (Lipinski definition) is 1. The minimum Gasteiger partial charge on any atom is -0.334 e. The van der Waals surface area contributed by atoms with Crippen LogP contribution in [0.4, 0.5) is 5.69 Å². The zero-order valence-corrected chi connectivity index (χ0v) is 14.7. The van der Waals surface area contributed by atoms with E-state index in [-0.39, 0.29) is 5.91 Å². The largest absolute Gasteiger partial charge is 0.334 e. The van der Waals surface area contributed by atoms with Gasteiger partial charge in [-0.3, -0.25) is 9.78 Å². The Kier molecular flexibility index (Phi) is 4.63. The van der Waals surface area contributed by atoms with Crippen LogP contribution >= 0.6 is 11.6 Å². The molecule has 0 atom stereocenters. The van der Waals surface area contributed by atoms with Crippen LogP contribution in [0, 0.1) is 0 Å². The zero-order chi connectivity index (χ0) is 18.6. The summed E-state index contributed by atoms with van der Waals surface area (Å²) in [5.74, 6) is 0.652. The molecule has 0 spiro atoms. The molecule has 0 aliphatic heterocycles. The number of halogens is 1. The summed E-state index contributed by atoms with van der Waals surface area (Å²) in [4.78, 5) is 20.5. The lowest BCUT2D eigenvalue weighted by atomic mass is 10.2. The lowest BCUT2D eigenvalue weighted by molar-refractivity contribution is 0.102. The number of pyridine rings is 1. The molecule has 4 rings (SSSR count). The van der Waals surface area contributed by atoms with Gasteiger partial charge in [0.1, 0.15) is 0 Å². The van der Waals surface area contributed by atoms with Gasteiger partial charge in [0.2, 0.25) is 5.82 Å². The van der Waals surface area contributed by atoms with E-state index in [1.807, 2.05) is 12.1 Å². The second kappa shape index (κ2) is 7.39. The average molecular weight is 377 g/mol. The van der Waals surface area contributed by atoms with Crippen LogP contribution in [0.15, 0.2) is 77.6 Å². The monoisotopic (exact) mass is 376 g/mol.